The lowest BCUT2D eigenvalue weighted by molar-refractivity contribution is -0.279. The quantitative estimate of drug-likeness (QED) is 0.588. The van der Waals surface area contributed by atoms with Gasteiger partial charge >= 0.3 is 11.9 Å². The minimum absolute atomic E-state index is 0.0462. The molecule has 8 aliphatic rings. The van der Waals surface area contributed by atoms with Crippen LogP contribution in [-0.4, -0.2) is 22.2 Å². The summed E-state index contributed by atoms with van der Waals surface area (Å²) in [5, 5.41) is 20.9. The van der Waals surface area contributed by atoms with Crippen LogP contribution < -0.4 is 0 Å². The van der Waals surface area contributed by atoms with Gasteiger partial charge in [-0.05, 0) is 111 Å². The normalized spacial score (nSPS) is 57.7. The lowest BCUT2D eigenvalue weighted by atomic mass is 9.27. The van der Waals surface area contributed by atoms with Crippen LogP contribution in [0.5, 0.6) is 0 Å². The van der Waals surface area contributed by atoms with Crippen LogP contribution in [0.2, 0.25) is 0 Å². The maximum absolute atomic E-state index is 12.8. The molecule has 0 amide bonds. The van der Waals surface area contributed by atoms with E-state index in [4.69, 9.17) is 0 Å². The Kier molecular flexibility index (Phi) is 3.57. The molecule has 0 aliphatic heterocycles. The Morgan fingerprint density at radius 2 is 1.17 bits per heavy atom. The highest BCUT2D eigenvalue weighted by molar-refractivity contribution is 5.77. The fraction of sp³-hybridized carbons (Fsp3) is 0.923. The molecular weight excluding hydrogens is 376 g/mol. The van der Waals surface area contributed by atoms with Crippen molar-refractivity contribution in [3.63, 3.8) is 0 Å². The summed E-state index contributed by atoms with van der Waals surface area (Å²) >= 11 is 0. The van der Waals surface area contributed by atoms with E-state index in [1.165, 1.54) is 38.5 Å². The fourth-order valence-electron chi connectivity index (χ4n) is 11.7. The Morgan fingerprint density at radius 3 is 1.63 bits per heavy atom. The van der Waals surface area contributed by atoms with Gasteiger partial charge in [-0.25, -0.2) is 0 Å². The van der Waals surface area contributed by atoms with E-state index in [-0.39, 0.29) is 21.7 Å². The van der Waals surface area contributed by atoms with Crippen LogP contribution in [0, 0.1) is 44.3 Å². The molecule has 8 saturated carbocycles. The third kappa shape index (κ3) is 2.14. The van der Waals surface area contributed by atoms with E-state index in [1.54, 1.807) is 0 Å². The van der Waals surface area contributed by atoms with E-state index >= 15 is 0 Å². The summed E-state index contributed by atoms with van der Waals surface area (Å²) in [5.74, 6) is -0.0223. The van der Waals surface area contributed by atoms with Gasteiger partial charge in [-0.3, -0.25) is 9.59 Å². The molecule has 4 heteroatoms. The number of carboxylic acids is 2. The number of rotatable bonds is 5. The van der Waals surface area contributed by atoms with Crippen molar-refractivity contribution in [2.75, 3.05) is 0 Å². The molecule has 0 heterocycles. The van der Waals surface area contributed by atoms with Crippen molar-refractivity contribution in [3.8, 4) is 0 Å². The van der Waals surface area contributed by atoms with Gasteiger partial charge in [0.15, 0.2) is 0 Å². The summed E-state index contributed by atoms with van der Waals surface area (Å²) in [4.78, 5) is 25.4. The van der Waals surface area contributed by atoms with Crippen molar-refractivity contribution in [2.45, 2.75) is 104 Å². The van der Waals surface area contributed by atoms with Gasteiger partial charge in [-0.2, -0.15) is 0 Å². The smallest absolute Gasteiger partial charge is 0.309 e. The number of hydrogen-bond donors (Lipinski definition) is 2. The van der Waals surface area contributed by atoms with E-state index in [9.17, 15) is 19.8 Å². The molecule has 4 atom stereocenters. The molecule has 0 aromatic heterocycles. The molecule has 0 aromatic carbocycles. The monoisotopic (exact) mass is 414 g/mol. The van der Waals surface area contributed by atoms with Crippen LogP contribution in [0.3, 0.4) is 0 Å². The molecule has 166 valence electrons. The predicted molar refractivity (Wildman–Crippen MR) is 113 cm³/mol. The maximum Gasteiger partial charge on any atom is 0.309 e. The van der Waals surface area contributed by atoms with Crippen LogP contribution in [0.4, 0.5) is 0 Å². The van der Waals surface area contributed by atoms with E-state index in [0.29, 0.717) is 11.8 Å². The first-order valence-electron chi connectivity index (χ1n) is 12.5. The fourth-order valence-corrected chi connectivity index (χ4v) is 11.7. The van der Waals surface area contributed by atoms with E-state index in [1.807, 2.05) is 0 Å². The molecule has 8 bridgehead atoms. The molecule has 0 spiro atoms. The third-order valence-electron chi connectivity index (χ3n) is 11.9. The van der Waals surface area contributed by atoms with Gasteiger partial charge in [-0.15, -0.1) is 0 Å². The van der Waals surface area contributed by atoms with E-state index in [0.717, 1.165) is 51.4 Å². The first-order chi connectivity index (χ1) is 14.1. The second-order valence-electron chi connectivity index (χ2n) is 13.5. The highest BCUT2D eigenvalue weighted by Crippen LogP contribution is 2.83. The maximum atomic E-state index is 12.8. The molecule has 8 rings (SSSR count). The SMILES string of the molecule is CCC12CC3(CC)CC(C(=O)O)(C1)CC(C14CC5CC(CC(C(=O)O)(C5)C1)C4)(C2)C3. The summed E-state index contributed by atoms with van der Waals surface area (Å²) in [6.45, 7) is 4.58. The second-order valence-corrected chi connectivity index (χ2v) is 13.5. The molecule has 0 radical (unpaired) electrons. The lowest BCUT2D eigenvalue weighted by Gasteiger charge is -2.77. The van der Waals surface area contributed by atoms with Gasteiger partial charge in [0.25, 0.3) is 0 Å². The Balaban J connectivity index is 1.52. The first-order valence-corrected chi connectivity index (χ1v) is 12.5. The van der Waals surface area contributed by atoms with Gasteiger partial charge < -0.3 is 10.2 Å². The summed E-state index contributed by atoms with van der Waals surface area (Å²) in [7, 11) is 0. The molecule has 0 aromatic rings. The van der Waals surface area contributed by atoms with Gasteiger partial charge in [0.2, 0.25) is 0 Å². The van der Waals surface area contributed by atoms with Crippen LogP contribution >= 0.6 is 0 Å². The summed E-state index contributed by atoms with van der Waals surface area (Å²) < 4.78 is 0. The standard InChI is InChI=1S/C26H38O4/c1-3-21-10-22(4-2)12-24(11-21,20(29)30)16-26(13-21,14-22)25-8-17-5-18(9-25)7-23(6-17,15-25)19(27)28/h17-18H,3-16H2,1-2H3,(H,27,28)(H,29,30). The van der Waals surface area contributed by atoms with Crippen LogP contribution in [0.1, 0.15) is 104 Å². The predicted octanol–water partition coefficient (Wildman–Crippen LogP) is 5.89. The Labute approximate surface area is 180 Å². The topological polar surface area (TPSA) is 74.6 Å². The highest BCUT2D eigenvalue weighted by atomic mass is 16.4. The Bertz CT molecular complexity index is 793. The third-order valence-corrected chi connectivity index (χ3v) is 11.9. The molecule has 4 nitrogen and oxygen atoms in total. The van der Waals surface area contributed by atoms with Gasteiger partial charge in [0.05, 0.1) is 10.8 Å². The first kappa shape index (κ1) is 19.6. The van der Waals surface area contributed by atoms with Gasteiger partial charge in [-0.1, -0.05) is 26.7 Å². The zero-order valence-corrected chi connectivity index (χ0v) is 18.8. The molecular formula is C26H38O4. The average molecular weight is 415 g/mol. The highest BCUT2D eigenvalue weighted by Gasteiger charge is 2.76. The van der Waals surface area contributed by atoms with Crippen molar-refractivity contribution in [3.05, 3.63) is 0 Å². The van der Waals surface area contributed by atoms with Gasteiger partial charge in [0.1, 0.15) is 0 Å². The second kappa shape index (κ2) is 5.46. The number of hydrogen-bond acceptors (Lipinski definition) is 2. The summed E-state index contributed by atoms with van der Waals surface area (Å²) in [5.41, 5.74) is -0.669. The number of aliphatic carboxylic acids is 2. The van der Waals surface area contributed by atoms with Crippen molar-refractivity contribution in [1.29, 1.82) is 0 Å². The zero-order chi connectivity index (χ0) is 21.2. The largest absolute Gasteiger partial charge is 0.481 e. The molecule has 2 N–H and O–H groups in total. The Hall–Kier alpha value is -1.06. The van der Waals surface area contributed by atoms with Crippen LogP contribution in [0.15, 0.2) is 0 Å². The molecule has 4 unspecified atom stereocenters. The van der Waals surface area contributed by atoms with E-state index < -0.39 is 22.8 Å². The minimum Gasteiger partial charge on any atom is -0.481 e. The van der Waals surface area contributed by atoms with Crippen molar-refractivity contribution < 1.29 is 19.8 Å². The average Bonchev–Trinajstić information content (AvgIpc) is 2.66. The number of carboxylic acid groups (broad SMARTS) is 2. The Morgan fingerprint density at radius 1 is 0.667 bits per heavy atom. The van der Waals surface area contributed by atoms with Crippen molar-refractivity contribution in [2.24, 2.45) is 44.3 Å². The van der Waals surface area contributed by atoms with Crippen molar-refractivity contribution >= 4 is 11.9 Å². The van der Waals surface area contributed by atoms with Crippen molar-refractivity contribution in [1.82, 2.24) is 0 Å². The summed E-state index contributed by atoms with van der Waals surface area (Å²) in [6.07, 6.45) is 14.4. The number of carbonyl (C=O) groups is 2. The van der Waals surface area contributed by atoms with Gasteiger partial charge in [0, 0.05) is 0 Å². The minimum atomic E-state index is -0.569. The molecule has 8 fully saturated rings. The summed E-state index contributed by atoms with van der Waals surface area (Å²) in [6, 6.07) is 0. The van der Waals surface area contributed by atoms with Crippen LogP contribution in [-0.2, 0) is 9.59 Å². The van der Waals surface area contributed by atoms with E-state index in [2.05, 4.69) is 13.8 Å². The molecule has 8 aliphatic carbocycles. The molecule has 0 saturated heterocycles. The van der Waals surface area contributed by atoms with Crippen LogP contribution in [0.25, 0.3) is 0 Å². The molecule has 30 heavy (non-hydrogen) atoms. The lowest BCUT2D eigenvalue weighted by Crippen LogP contribution is -2.70. The zero-order valence-electron chi connectivity index (χ0n) is 18.8.